The second kappa shape index (κ2) is 8.55. The van der Waals surface area contributed by atoms with Gasteiger partial charge in [-0.25, -0.2) is 0 Å². The normalized spacial score (nSPS) is 19.3. The summed E-state index contributed by atoms with van der Waals surface area (Å²) in [6.07, 6.45) is 6.60. The zero-order valence-corrected chi connectivity index (χ0v) is 13.4. The van der Waals surface area contributed by atoms with Crippen LogP contribution in [0.5, 0.6) is 0 Å². The SMILES string of the molecule is CCCCSC(C)C(=O)NCC1(C(=O)O)CCCCC1. The Hall–Kier alpha value is -0.710. The number of aliphatic carboxylic acids is 1. The van der Waals surface area contributed by atoms with Crippen LogP contribution in [0.4, 0.5) is 0 Å². The first-order chi connectivity index (χ1) is 9.52. The summed E-state index contributed by atoms with van der Waals surface area (Å²) < 4.78 is 0. The van der Waals surface area contributed by atoms with Gasteiger partial charge in [-0.15, -0.1) is 11.8 Å². The van der Waals surface area contributed by atoms with Gasteiger partial charge in [0.25, 0.3) is 0 Å². The fraction of sp³-hybridized carbons (Fsp3) is 0.867. The minimum absolute atomic E-state index is 0.0303. The molecule has 1 atom stereocenters. The van der Waals surface area contributed by atoms with E-state index in [4.69, 9.17) is 0 Å². The second-order valence-electron chi connectivity index (χ2n) is 5.73. The highest BCUT2D eigenvalue weighted by Gasteiger charge is 2.39. The molecule has 0 aromatic rings. The summed E-state index contributed by atoms with van der Waals surface area (Å²) in [4.78, 5) is 23.5. The first-order valence-corrected chi connectivity index (χ1v) is 8.69. The highest BCUT2D eigenvalue weighted by molar-refractivity contribution is 8.00. The molecule has 0 radical (unpaired) electrons. The van der Waals surface area contributed by atoms with Gasteiger partial charge in [-0.3, -0.25) is 9.59 Å². The first-order valence-electron chi connectivity index (χ1n) is 7.64. The van der Waals surface area contributed by atoms with Crippen LogP contribution in [-0.2, 0) is 9.59 Å². The number of thioether (sulfide) groups is 1. The smallest absolute Gasteiger partial charge is 0.311 e. The molecule has 1 fully saturated rings. The van der Waals surface area contributed by atoms with Crippen molar-refractivity contribution in [2.75, 3.05) is 12.3 Å². The average Bonchev–Trinajstić information content (AvgIpc) is 2.45. The number of hydrogen-bond donors (Lipinski definition) is 2. The lowest BCUT2D eigenvalue weighted by Gasteiger charge is -2.33. The van der Waals surface area contributed by atoms with Crippen LogP contribution in [0.1, 0.15) is 58.8 Å². The summed E-state index contributed by atoms with van der Waals surface area (Å²) >= 11 is 1.64. The lowest BCUT2D eigenvalue weighted by Crippen LogP contribution is -2.46. The molecule has 0 aromatic heterocycles. The Morgan fingerprint density at radius 2 is 1.95 bits per heavy atom. The molecular weight excluding hydrogens is 274 g/mol. The minimum atomic E-state index is -0.760. The Morgan fingerprint density at radius 3 is 2.50 bits per heavy atom. The van der Waals surface area contributed by atoms with Crippen LogP contribution in [0.25, 0.3) is 0 Å². The maximum absolute atomic E-state index is 12.0. The number of unbranched alkanes of at least 4 members (excludes halogenated alkanes) is 1. The van der Waals surface area contributed by atoms with E-state index in [1.54, 1.807) is 11.8 Å². The van der Waals surface area contributed by atoms with E-state index in [0.29, 0.717) is 12.8 Å². The molecule has 0 saturated heterocycles. The number of nitrogens with one attached hydrogen (secondary N) is 1. The number of carboxylic acid groups (broad SMARTS) is 1. The van der Waals surface area contributed by atoms with E-state index >= 15 is 0 Å². The van der Waals surface area contributed by atoms with Gasteiger partial charge in [-0.1, -0.05) is 32.6 Å². The molecule has 1 aliphatic rings. The summed E-state index contributed by atoms with van der Waals surface area (Å²) in [5.74, 6) is 0.191. The van der Waals surface area contributed by atoms with Gasteiger partial charge in [0.05, 0.1) is 10.7 Å². The van der Waals surface area contributed by atoms with E-state index in [-0.39, 0.29) is 17.7 Å². The molecule has 0 heterocycles. The third-order valence-electron chi connectivity index (χ3n) is 4.10. The van der Waals surface area contributed by atoms with E-state index in [1.807, 2.05) is 6.92 Å². The molecule has 0 aliphatic heterocycles. The molecule has 1 unspecified atom stereocenters. The van der Waals surface area contributed by atoms with Gasteiger partial charge >= 0.3 is 5.97 Å². The van der Waals surface area contributed by atoms with Crippen LogP contribution in [0.3, 0.4) is 0 Å². The van der Waals surface area contributed by atoms with Gasteiger partial charge in [0, 0.05) is 6.54 Å². The second-order valence-corrected chi connectivity index (χ2v) is 7.18. The van der Waals surface area contributed by atoms with Crippen molar-refractivity contribution in [2.24, 2.45) is 5.41 Å². The summed E-state index contributed by atoms with van der Waals surface area (Å²) in [5, 5.41) is 12.2. The number of carbonyl (C=O) groups is 2. The molecular formula is C15H27NO3S. The van der Waals surface area contributed by atoms with Crippen LogP contribution in [0.2, 0.25) is 0 Å². The molecule has 1 saturated carbocycles. The number of hydrogen-bond acceptors (Lipinski definition) is 3. The summed E-state index contributed by atoms with van der Waals surface area (Å²) in [6, 6.07) is 0. The lowest BCUT2D eigenvalue weighted by molar-refractivity contribution is -0.151. The number of carboxylic acids is 1. The topological polar surface area (TPSA) is 66.4 Å². The Bertz CT molecular complexity index is 327. The molecule has 0 bridgehead atoms. The van der Waals surface area contributed by atoms with Gasteiger partial charge in [-0.05, 0) is 31.9 Å². The van der Waals surface area contributed by atoms with E-state index in [9.17, 15) is 14.7 Å². The molecule has 1 aliphatic carbocycles. The van der Waals surface area contributed by atoms with Crippen molar-refractivity contribution in [2.45, 2.75) is 64.0 Å². The maximum Gasteiger partial charge on any atom is 0.311 e. The molecule has 1 amide bonds. The molecule has 20 heavy (non-hydrogen) atoms. The van der Waals surface area contributed by atoms with Crippen molar-refractivity contribution < 1.29 is 14.7 Å². The standard InChI is InChI=1S/C15H27NO3S/c1-3-4-10-20-12(2)13(17)16-11-15(14(18)19)8-6-5-7-9-15/h12H,3-11H2,1-2H3,(H,16,17)(H,18,19). The predicted octanol–water partition coefficient (Wildman–Crippen LogP) is 3.06. The Kier molecular flexibility index (Phi) is 7.41. The van der Waals surface area contributed by atoms with Crippen LogP contribution in [-0.4, -0.2) is 34.5 Å². The summed E-state index contributed by atoms with van der Waals surface area (Å²) in [5.41, 5.74) is -0.734. The predicted molar refractivity (Wildman–Crippen MR) is 83.0 cm³/mol. The molecule has 4 nitrogen and oxygen atoms in total. The van der Waals surface area contributed by atoms with Gasteiger partial charge in [0.1, 0.15) is 0 Å². The number of carbonyl (C=O) groups excluding carboxylic acids is 1. The molecule has 5 heteroatoms. The monoisotopic (exact) mass is 301 g/mol. The van der Waals surface area contributed by atoms with Crippen molar-refractivity contribution in [3.63, 3.8) is 0 Å². The molecule has 0 aromatic carbocycles. The van der Waals surface area contributed by atoms with Crippen molar-refractivity contribution in [1.82, 2.24) is 5.32 Å². The average molecular weight is 301 g/mol. The third-order valence-corrected chi connectivity index (χ3v) is 5.34. The van der Waals surface area contributed by atoms with E-state index < -0.39 is 11.4 Å². The van der Waals surface area contributed by atoms with Gasteiger partial charge < -0.3 is 10.4 Å². The van der Waals surface area contributed by atoms with E-state index in [2.05, 4.69) is 12.2 Å². The highest BCUT2D eigenvalue weighted by Crippen LogP contribution is 2.36. The quantitative estimate of drug-likeness (QED) is 0.676. The van der Waals surface area contributed by atoms with E-state index in [0.717, 1.165) is 37.9 Å². The van der Waals surface area contributed by atoms with Crippen LogP contribution in [0.15, 0.2) is 0 Å². The molecule has 1 rings (SSSR count). The number of amides is 1. The summed E-state index contributed by atoms with van der Waals surface area (Å²) in [7, 11) is 0. The van der Waals surface area contributed by atoms with Crippen molar-refractivity contribution in [3.8, 4) is 0 Å². The van der Waals surface area contributed by atoms with Gasteiger partial charge in [0.2, 0.25) is 5.91 Å². The molecule has 116 valence electrons. The van der Waals surface area contributed by atoms with Crippen LogP contribution < -0.4 is 5.32 Å². The van der Waals surface area contributed by atoms with Crippen LogP contribution in [0, 0.1) is 5.41 Å². The maximum atomic E-state index is 12.0. The zero-order chi connectivity index (χ0) is 15.0. The van der Waals surface area contributed by atoms with Gasteiger partial charge in [-0.2, -0.15) is 0 Å². The summed E-state index contributed by atoms with van der Waals surface area (Å²) in [6.45, 7) is 4.30. The zero-order valence-electron chi connectivity index (χ0n) is 12.6. The van der Waals surface area contributed by atoms with Gasteiger partial charge in [0.15, 0.2) is 0 Å². The highest BCUT2D eigenvalue weighted by atomic mass is 32.2. The third kappa shape index (κ3) is 5.00. The first kappa shape index (κ1) is 17.3. The fourth-order valence-corrected chi connectivity index (χ4v) is 3.62. The Morgan fingerprint density at radius 1 is 1.30 bits per heavy atom. The van der Waals surface area contributed by atoms with Crippen LogP contribution >= 0.6 is 11.8 Å². The van der Waals surface area contributed by atoms with E-state index in [1.165, 1.54) is 0 Å². The van der Waals surface area contributed by atoms with Crippen molar-refractivity contribution >= 4 is 23.6 Å². The largest absolute Gasteiger partial charge is 0.481 e. The fourth-order valence-electron chi connectivity index (χ4n) is 2.57. The Balaban J connectivity index is 2.42. The Labute approximate surface area is 126 Å². The van der Waals surface area contributed by atoms with Crippen molar-refractivity contribution in [1.29, 1.82) is 0 Å². The van der Waals surface area contributed by atoms with Crippen molar-refractivity contribution in [3.05, 3.63) is 0 Å². The molecule has 2 N–H and O–H groups in total. The molecule has 0 spiro atoms. The minimum Gasteiger partial charge on any atom is -0.481 e. The lowest BCUT2D eigenvalue weighted by atomic mass is 9.74. The number of rotatable bonds is 8.